The van der Waals surface area contributed by atoms with Crippen LogP contribution in [0, 0.1) is 6.92 Å². The van der Waals surface area contributed by atoms with Crippen LogP contribution in [0.4, 0.5) is 5.69 Å². The number of amides is 1. The van der Waals surface area contributed by atoms with Gasteiger partial charge in [0.2, 0.25) is 11.8 Å². The molecule has 0 aliphatic heterocycles. The Morgan fingerprint density at radius 3 is 2.43 bits per heavy atom. The number of thioether (sulfide) groups is 1. The van der Waals surface area contributed by atoms with E-state index in [9.17, 15) is 9.59 Å². The van der Waals surface area contributed by atoms with Gasteiger partial charge in [-0.25, -0.2) is 0 Å². The lowest BCUT2D eigenvalue weighted by Crippen LogP contribution is -2.11. The van der Waals surface area contributed by atoms with Crippen molar-refractivity contribution in [2.75, 3.05) is 11.1 Å². The molecule has 0 spiro atoms. The maximum Gasteiger partial charge on any atom is 0.277 e. The third kappa shape index (κ3) is 6.29. The van der Waals surface area contributed by atoms with Crippen LogP contribution in [-0.4, -0.2) is 27.6 Å². The first kappa shape index (κ1) is 21.8. The van der Waals surface area contributed by atoms with Gasteiger partial charge in [0.15, 0.2) is 5.78 Å². The molecule has 1 heterocycles. The van der Waals surface area contributed by atoms with E-state index in [0.29, 0.717) is 28.8 Å². The van der Waals surface area contributed by atoms with Gasteiger partial charge >= 0.3 is 0 Å². The second-order valence-electron chi connectivity index (χ2n) is 7.03. The lowest BCUT2D eigenvalue weighted by molar-refractivity contribution is -0.116. The van der Waals surface area contributed by atoms with Crippen molar-refractivity contribution in [3.63, 3.8) is 0 Å². The van der Waals surface area contributed by atoms with Crippen molar-refractivity contribution in [2.24, 2.45) is 0 Å². The van der Waals surface area contributed by atoms with Crippen molar-refractivity contribution in [3.8, 4) is 11.5 Å². The number of ketones is 1. The minimum atomic E-state index is -0.0455. The molecule has 7 heteroatoms. The summed E-state index contributed by atoms with van der Waals surface area (Å²) in [5.41, 5.74) is 3.27. The first-order valence-corrected chi connectivity index (χ1v) is 11.0. The third-order valence-corrected chi connectivity index (χ3v) is 5.35. The molecule has 0 atom stereocenters. The van der Waals surface area contributed by atoms with E-state index in [0.717, 1.165) is 30.4 Å². The summed E-state index contributed by atoms with van der Waals surface area (Å²) >= 11 is 1.21. The number of anilines is 1. The SMILES string of the molecule is CCCCCC(=O)Nc1ccc(C(=O)CSc2nnc(-c3ccc(C)cc3)o2)cc1. The average Bonchev–Trinajstić information content (AvgIpc) is 3.22. The van der Waals surface area contributed by atoms with Crippen LogP contribution in [0.5, 0.6) is 0 Å². The van der Waals surface area contributed by atoms with Crippen molar-refractivity contribution < 1.29 is 14.0 Å². The Balaban J connectivity index is 1.50. The summed E-state index contributed by atoms with van der Waals surface area (Å²) < 4.78 is 5.64. The fourth-order valence-electron chi connectivity index (χ4n) is 2.79. The van der Waals surface area contributed by atoms with Crippen molar-refractivity contribution in [1.29, 1.82) is 0 Å². The van der Waals surface area contributed by atoms with Crippen molar-refractivity contribution >= 4 is 29.1 Å². The van der Waals surface area contributed by atoms with E-state index in [1.807, 2.05) is 31.2 Å². The molecule has 0 bridgehead atoms. The summed E-state index contributed by atoms with van der Waals surface area (Å²) in [7, 11) is 0. The molecule has 2 aromatic carbocycles. The number of carbonyl (C=O) groups is 2. The monoisotopic (exact) mass is 423 g/mol. The molecule has 3 aromatic rings. The Labute approximate surface area is 180 Å². The molecular formula is C23H25N3O3S. The van der Waals surface area contributed by atoms with Crippen LogP contribution >= 0.6 is 11.8 Å². The number of aromatic nitrogens is 2. The Morgan fingerprint density at radius 1 is 1.00 bits per heavy atom. The number of rotatable bonds is 10. The van der Waals surface area contributed by atoms with E-state index >= 15 is 0 Å². The predicted molar refractivity (Wildman–Crippen MR) is 119 cm³/mol. The van der Waals surface area contributed by atoms with Gasteiger partial charge in [-0.05, 0) is 49.7 Å². The van der Waals surface area contributed by atoms with Gasteiger partial charge in [-0.3, -0.25) is 9.59 Å². The fourth-order valence-corrected chi connectivity index (χ4v) is 3.45. The van der Waals surface area contributed by atoms with E-state index in [2.05, 4.69) is 22.4 Å². The minimum absolute atomic E-state index is 0.00106. The molecule has 0 aliphatic carbocycles. The first-order valence-electron chi connectivity index (χ1n) is 10.0. The van der Waals surface area contributed by atoms with Gasteiger partial charge in [-0.2, -0.15) is 0 Å². The summed E-state index contributed by atoms with van der Waals surface area (Å²) in [5.74, 6) is 0.580. The molecule has 0 radical (unpaired) electrons. The van der Waals surface area contributed by atoms with Gasteiger partial charge in [0, 0.05) is 23.2 Å². The van der Waals surface area contributed by atoms with Crippen molar-refractivity contribution in [2.45, 2.75) is 44.8 Å². The van der Waals surface area contributed by atoms with Crippen LogP contribution in [0.2, 0.25) is 0 Å². The van der Waals surface area contributed by atoms with E-state index in [1.165, 1.54) is 11.8 Å². The molecule has 156 valence electrons. The lowest BCUT2D eigenvalue weighted by Gasteiger charge is -2.06. The molecule has 0 fully saturated rings. The molecule has 0 saturated heterocycles. The van der Waals surface area contributed by atoms with E-state index < -0.39 is 0 Å². The Kier molecular flexibility index (Phi) is 7.79. The zero-order valence-corrected chi connectivity index (χ0v) is 18.0. The number of unbranched alkanes of at least 4 members (excludes halogenated alkanes) is 2. The van der Waals surface area contributed by atoms with E-state index in [-0.39, 0.29) is 17.4 Å². The largest absolute Gasteiger partial charge is 0.411 e. The summed E-state index contributed by atoms with van der Waals surface area (Å²) in [5, 5.41) is 11.3. The highest BCUT2D eigenvalue weighted by Gasteiger charge is 2.13. The summed E-state index contributed by atoms with van der Waals surface area (Å²) in [6.07, 6.45) is 3.53. The Morgan fingerprint density at radius 2 is 1.73 bits per heavy atom. The first-order chi connectivity index (χ1) is 14.5. The molecule has 0 aliphatic rings. The van der Waals surface area contributed by atoms with Gasteiger partial charge < -0.3 is 9.73 Å². The second kappa shape index (κ2) is 10.7. The van der Waals surface area contributed by atoms with E-state index in [1.54, 1.807) is 24.3 Å². The highest BCUT2D eigenvalue weighted by Crippen LogP contribution is 2.24. The average molecular weight is 424 g/mol. The van der Waals surface area contributed by atoms with E-state index in [4.69, 9.17) is 4.42 Å². The predicted octanol–water partition coefficient (Wildman–Crippen LogP) is 5.54. The minimum Gasteiger partial charge on any atom is -0.411 e. The summed E-state index contributed by atoms with van der Waals surface area (Å²) in [6.45, 7) is 4.12. The van der Waals surface area contributed by atoms with Crippen LogP contribution in [0.3, 0.4) is 0 Å². The number of hydrogen-bond acceptors (Lipinski definition) is 6. The highest BCUT2D eigenvalue weighted by atomic mass is 32.2. The standard InChI is InChI=1S/C23H25N3O3S/c1-3-4-5-6-21(28)24-19-13-11-17(12-14-19)20(27)15-30-23-26-25-22(29-23)18-9-7-16(2)8-10-18/h7-14H,3-6,15H2,1-2H3,(H,24,28). The molecule has 1 amide bonds. The lowest BCUT2D eigenvalue weighted by atomic mass is 10.1. The molecule has 6 nitrogen and oxygen atoms in total. The maximum absolute atomic E-state index is 12.4. The topological polar surface area (TPSA) is 85.1 Å². The number of nitrogens with one attached hydrogen (secondary N) is 1. The van der Waals surface area contributed by atoms with Gasteiger partial charge in [0.05, 0.1) is 5.75 Å². The number of hydrogen-bond donors (Lipinski definition) is 1. The highest BCUT2D eigenvalue weighted by molar-refractivity contribution is 7.99. The summed E-state index contributed by atoms with van der Waals surface area (Å²) in [6, 6.07) is 14.7. The normalized spacial score (nSPS) is 10.7. The van der Waals surface area contributed by atoms with Crippen LogP contribution in [-0.2, 0) is 4.79 Å². The number of benzene rings is 2. The molecule has 0 unspecified atom stereocenters. The molecular weight excluding hydrogens is 398 g/mol. The zero-order chi connectivity index (χ0) is 21.3. The number of carbonyl (C=O) groups excluding carboxylic acids is 2. The molecule has 3 rings (SSSR count). The number of Topliss-reactive ketones (excluding diaryl/α,β-unsaturated/α-hetero) is 1. The second-order valence-corrected chi connectivity index (χ2v) is 7.96. The van der Waals surface area contributed by atoms with Gasteiger partial charge in [0.25, 0.3) is 5.22 Å². The molecule has 1 aromatic heterocycles. The van der Waals surface area contributed by atoms with Crippen molar-refractivity contribution in [3.05, 3.63) is 59.7 Å². The zero-order valence-electron chi connectivity index (χ0n) is 17.2. The quantitative estimate of drug-likeness (QED) is 0.262. The van der Waals surface area contributed by atoms with Gasteiger partial charge in [0.1, 0.15) is 0 Å². The third-order valence-electron chi connectivity index (χ3n) is 4.53. The van der Waals surface area contributed by atoms with Crippen LogP contribution < -0.4 is 5.32 Å². The number of nitrogens with zero attached hydrogens (tertiary/aromatic N) is 2. The smallest absolute Gasteiger partial charge is 0.277 e. The molecule has 0 saturated carbocycles. The maximum atomic E-state index is 12.4. The van der Waals surface area contributed by atoms with Gasteiger partial charge in [-0.1, -0.05) is 49.2 Å². The van der Waals surface area contributed by atoms with Crippen LogP contribution in [0.1, 0.15) is 48.5 Å². The van der Waals surface area contributed by atoms with Crippen LogP contribution in [0.15, 0.2) is 58.2 Å². The van der Waals surface area contributed by atoms with Crippen molar-refractivity contribution in [1.82, 2.24) is 10.2 Å². The molecule has 1 N–H and O–H groups in total. The summed E-state index contributed by atoms with van der Waals surface area (Å²) in [4.78, 5) is 24.3. The van der Waals surface area contributed by atoms with Crippen LogP contribution in [0.25, 0.3) is 11.5 Å². The molecule has 30 heavy (non-hydrogen) atoms. The Hall–Kier alpha value is -2.93. The Bertz CT molecular complexity index is 982. The fraction of sp³-hybridized carbons (Fsp3) is 0.304. The number of aryl methyl sites for hydroxylation is 1. The van der Waals surface area contributed by atoms with Gasteiger partial charge in [-0.15, -0.1) is 10.2 Å².